The quantitative estimate of drug-likeness (QED) is 0.509. The lowest BCUT2D eigenvalue weighted by atomic mass is 9.90. The third-order valence-corrected chi connectivity index (χ3v) is 3.83. The maximum absolute atomic E-state index is 11.4. The number of carbonyl (C=O) groups excluding carboxylic acids is 1. The van der Waals surface area contributed by atoms with Crippen molar-refractivity contribution in [1.29, 1.82) is 0 Å². The number of nitrogens with zero attached hydrogens (tertiary/aromatic N) is 2. The number of hydrogen-bond acceptors (Lipinski definition) is 4. The first-order valence-electron chi connectivity index (χ1n) is 7.94. The van der Waals surface area contributed by atoms with Gasteiger partial charge in [-0.1, -0.05) is 45.0 Å². The molecule has 3 rings (SSSR count). The second-order valence-corrected chi connectivity index (χ2v) is 7.13. The lowest BCUT2D eigenvalue weighted by molar-refractivity contribution is -0.127. The van der Waals surface area contributed by atoms with E-state index in [-0.39, 0.29) is 12.0 Å². The van der Waals surface area contributed by atoms with Crippen LogP contribution in [-0.2, 0) is 11.2 Å². The zero-order valence-corrected chi connectivity index (χ0v) is 14.1. The summed E-state index contributed by atoms with van der Waals surface area (Å²) in [5, 5.41) is 14.0. The van der Waals surface area contributed by atoms with Gasteiger partial charge < -0.3 is 5.32 Å². The molecular weight excluding hydrogens is 304 g/mol. The summed E-state index contributed by atoms with van der Waals surface area (Å²) in [4.78, 5) is 16.2. The Hall–Kier alpha value is -2.60. The smallest absolute Gasteiger partial charge is 0.262 e. The number of imidazole rings is 1. The first kappa shape index (κ1) is 16.3. The summed E-state index contributed by atoms with van der Waals surface area (Å²) in [5.74, 6) is 0.293. The van der Waals surface area contributed by atoms with Crippen molar-refractivity contribution in [3.05, 3.63) is 42.2 Å². The number of hydrogen-bond donors (Lipinski definition) is 3. The van der Waals surface area contributed by atoms with Crippen molar-refractivity contribution < 1.29 is 10.0 Å². The van der Waals surface area contributed by atoms with Gasteiger partial charge in [0.25, 0.3) is 5.91 Å². The van der Waals surface area contributed by atoms with Gasteiger partial charge in [0.15, 0.2) is 0 Å². The average molecular weight is 326 g/mol. The molecule has 0 aliphatic heterocycles. The predicted octanol–water partition coefficient (Wildman–Crippen LogP) is 2.99. The van der Waals surface area contributed by atoms with Crippen LogP contribution < -0.4 is 10.8 Å². The molecule has 1 aromatic carbocycles. The largest absolute Gasteiger partial charge is 0.360 e. The molecule has 3 N–H and O–H groups in total. The Labute approximate surface area is 140 Å². The number of rotatable bonds is 4. The minimum Gasteiger partial charge on any atom is -0.360 e. The van der Waals surface area contributed by atoms with E-state index < -0.39 is 5.91 Å². The number of hydroxylamine groups is 1. The van der Waals surface area contributed by atoms with Gasteiger partial charge in [-0.2, -0.15) is 0 Å². The number of anilines is 1. The summed E-state index contributed by atoms with van der Waals surface area (Å²) >= 11 is 0. The number of aromatic nitrogens is 2. The van der Waals surface area contributed by atoms with Crippen molar-refractivity contribution in [2.45, 2.75) is 27.2 Å². The second-order valence-electron chi connectivity index (χ2n) is 7.13. The molecule has 0 aliphatic rings. The number of benzene rings is 1. The van der Waals surface area contributed by atoms with Gasteiger partial charge in [-0.3, -0.25) is 14.4 Å². The normalized spacial score (nSPS) is 11.8. The summed E-state index contributed by atoms with van der Waals surface area (Å²) in [5.41, 5.74) is 3.47. The Morgan fingerprint density at radius 3 is 2.71 bits per heavy atom. The zero-order valence-electron chi connectivity index (χ0n) is 14.1. The summed E-state index contributed by atoms with van der Waals surface area (Å²) in [6.07, 6.45) is 2.72. The number of carbonyl (C=O) groups is 1. The monoisotopic (exact) mass is 326 g/mol. The molecule has 2 heterocycles. The highest BCUT2D eigenvalue weighted by Crippen LogP contribution is 2.29. The number of pyridine rings is 1. The van der Waals surface area contributed by atoms with Gasteiger partial charge in [-0.15, -0.1) is 0 Å². The van der Waals surface area contributed by atoms with E-state index in [0.29, 0.717) is 0 Å². The van der Waals surface area contributed by atoms with Gasteiger partial charge in [-0.25, -0.2) is 10.5 Å². The van der Waals surface area contributed by atoms with Crippen molar-refractivity contribution >= 4 is 28.1 Å². The highest BCUT2D eigenvalue weighted by atomic mass is 16.5. The van der Waals surface area contributed by atoms with E-state index in [1.54, 1.807) is 5.48 Å². The third kappa shape index (κ3) is 3.19. The van der Waals surface area contributed by atoms with Crippen LogP contribution in [0.5, 0.6) is 0 Å². The molecule has 3 aromatic rings. The fourth-order valence-corrected chi connectivity index (χ4v) is 2.83. The van der Waals surface area contributed by atoms with Gasteiger partial charge >= 0.3 is 0 Å². The molecule has 0 saturated carbocycles. The van der Waals surface area contributed by atoms with Crippen LogP contribution in [-0.4, -0.2) is 27.0 Å². The molecule has 1 amide bonds. The molecule has 0 saturated heterocycles. The molecular formula is C18H22N4O2. The SMILES string of the molecule is CC(C)(C)Cc1nc2c3ccccc3ccn2c1NCC(=O)NO. The van der Waals surface area contributed by atoms with Crippen LogP contribution in [0.1, 0.15) is 26.5 Å². The highest BCUT2D eigenvalue weighted by molar-refractivity contribution is 5.95. The number of fused-ring (bicyclic) bond motifs is 3. The summed E-state index contributed by atoms with van der Waals surface area (Å²) < 4.78 is 1.97. The molecule has 0 fully saturated rings. The Balaban J connectivity index is 2.15. The van der Waals surface area contributed by atoms with E-state index >= 15 is 0 Å². The molecule has 0 radical (unpaired) electrons. The molecule has 6 nitrogen and oxygen atoms in total. The predicted molar refractivity (Wildman–Crippen MR) is 94.3 cm³/mol. The van der Waals surface area contributed by atoms with Gasteiger partial charge in [-0.05, 0) is 23.3 Å². The van der Waals surface area contributed by atoms with Gasteiger partial charge in [0, 0.05) is 11.6 Å². The van der Waals surface area contributed by atoms with E-state index in [4.69, 9.17) is 10.2 Å². The van der Waals surface area contributed by atoms with E-state index in [2.05, 4.69) is 32.2 Å². The van der Waals surface area contributed by atoms with Crippen LogP contribution >= 0.6 is 0 Å². The van der Waals surface area contributed by atoms with Crippen molar-refractivity contribution in [3.8, 4) is 0 Å². The Morgan fingerprint density at radius 1 is 1.25 bits per heavy atom. The number of nitrogens with one attached hydrogen (secondary N) is 2. The topological polar surface area (TPSA) is 78.7 Å². The minimum atomic E-state index is -0.493. The van der Waals surface area contributed by atoms with Crippen LogP contribution in [0.25, 0.3) is 16.4 Å². The molecule has 0 unspecified atom stereocenters. The van der Waals surface area contributed by atoms with Crippen molar-refractivity contribution in [2.24, 2.45) is 5.41 Å². The third-order valence-electron chi connectivity index (χ3n) is 3.83. The van der Waals surface area contributed by atoms with Crippen LogP contribution in [0.2, 0.25) is 0 Å². The summed E-state index contributed by atoms with van der Waals surface area (Å²) in [6.45, 7) is 6.44. The maximum atomic E-state index is 11.4. The summed E-state index contributed by atoms with van der Waals surface area (Å²) in [7, 11) is 0. The Morgan fingerprint density at radius 2 is 2.00 bits per heavy atom. The molecule has 126 valence electrons. The average Bonchev–Trinajstić information content (AvgIpc) is 2.88. The lowest BCUT2D eigenvalue weighted by Gasteiger charge is -2.17. The zero-order chi connectivity index (χ0) is 17.3. The Bertz CT molecular complexity index is 893. The summed E-state index contributed by atoms with van der Waals surface area (Å²) in [6, 6.07) is 10.1. The standard InChI is InChI=1S/C18H22N4O2/c1-18(2,3)10-14-17(19-11-15(23)21-24)22-9-8-12-6-4-5-7-13(12)16(22)20-14/h4-9,19,24H,10-11H2,1-3H3,(H,21,23). The first-order chi connectivity index (χ1) is 11.4. The van der Waals surface area contributed by atoms with Gasteiger partial charge in [0.2, 0.25) is 0 Å². The van der Waals surface area contributed by atoms with Crippen LogP contribution in [0.15, 0.2) is 36.5 Å². The second kappa shape index (κ2) is 6.13. The molecule has 0 atom stereocenters. The Kier molecular flexibility index (Phi) is 4.15. The molecule has 2 aromatic heterocycles. The van der Waals surface area contributed by atoms with E-state index in [0.717, 1.165) is 34.4 Å². The molecule has 0 spiro atoms. The van der Waals surface area contributed by atoms with Gasteiger partial charge in [0.05, 0.1) is 12.2 Å². The van der Waals surface area contributed by atoms with Crippen LogP contribution in [0, 0.1) is 5.41 Å². The van der Waals surface area contributed by atoms with E-state index in [9.17, 15) is 4.79 Å². The fraction of sp³-hybridized carbons (Fsp3) is 0.333. The van der Waals surface area contributed by atoms with Crippen LogP contribution in [0.3, 0.4) is 0 Å². The molecule has 24 heavy (non-hydrogen) atoms. The maximum Gasteiger partial charge on any atom is 0.262 e. The van der Waals surface area contributed by atoms with Crippen molar-refractivity contribution in [3.63, 3.8) is 0 Å². The van der Waals surface area contributed by atoms with Crippen molar-refractivity contribution in [2.75, 3.05) is 11.9 Å². The highest BCUT2D eigenvalue weighted by Gasteiger charge is 2.20. The van der Waals surface area contributed by atoms with E-state index in [1.165, 1.54) is 0 Å². The number of amides is 1. The lowest BCUT2D eigenvalue weighted by Crippen LogP contribution is -2.27. The fourth-order valence-electron chi connectivity index (χ4n) is 2.83. The minimum absolute atomic E-state index is 0.0196. The van der Waals surface area contributed by atoms with E-state index in [1.807, 2.05) is 34.9 Å². The molecule has 0 aliphatic carbocycles. The van der Waals surface area contributed by atoms with Crippen molar-refractivity contribution in [1.82, 2.24) is 14.9 Å². The van der Waals surface area contributed by atoms with Crippen LogP contribution in [0.4, 0.5) is 5.82 Å². The first-order valence-corrected chi connectivity index (χ1v) is 7.94. The molecule has 6 heteroatoms. The van der Waals surface area contributed by atoms with Gasteiger partial charge in [0.1, 0.15) is 11.5 Å². The molecule has 0 bridgehead atoms.